The van der Waals surface area contributed by atoms with E-state index in [0.717, 1.165) is 0 Å². The lowest BCUT2D eigenvalue weighted by Gasteiger charge is -2.14. The number of aromatic nitrogens is 3. The molecule has 0 radical (unpaired) electrons. The molecule has 31 heavy (non-hydrogen) atoms. The molecular weight excluding hydrogens is 434 g/mol. The minimum atomic E-state index is -4.74. The maximum absolute atomic E-state index is 14.4. The Morgan fingerprint density at radius 2 is 1.71 bits per heavy atom. The van der Waals surface area contributed by atoms with Crippen molar-refractivity contribution in [1.82, 2.24) is 15.0 Å². The zero-order chi connectivity index (χ0) is 22.8. The Kier molecular flexibility index (Phi) is 6.65. The average Bonchev–Trinajstić information content (AvgIpc) is 2.67. The van der Waals surface area contributed by atoms with E-state index in [1.54, 1.807) is 24.3 Å². The van der Waals surface area contributed by atoms with Crippen molar-refractivity contribution < 1.29 is 22.1 Å². The van der Waals surface area contributed by atoms with E-state index in [9.17, 15) is 22.1 Å². The maximum Gasteiger partial charge on any atom is 0.433 e. The normalized spacial score (nSPS) is 12.7. The van der Waals surface area contributed by atoms with Gasteiger partial charge >= 0.3 is 6.18 Å². The summed E-state index contributed by atoms with van der Waals surface area (Å²) in [4.78, 5) is 12.3. The smallest absolute Gasteiger partial charge is 0.433 e. The summed E-state index contributed by atoms with van der Waals surface area (Å²) in [6.45, 7) is 3.69. The zero-order valence-corrected chi connectivity index (χ0v) is 17.6. The van der Waals surface area contributed by atoms with Crippen LogP contribution in [0.5, 0.6) is 0 Å². The predicted molar refractivity (Wildman–Crippen MR) is 111 cm³/mol. The molecule has 0 saturated carbocycles. The van der Waals surface area contributed by atoms with Gasteiger partial charge in [-0.2, -0.15) is 13.2 Å². The molecule has 0 bridgehead atoms. The van der Waals surface area contributed by atoms with E-state index in [1.807, 2.05) is 13.8 Å². The van der Waals surface area contributed by atoms with E-state index < -0.39 is 34.6 Å². The highest BCUT2D eigenvalue weighted by atomic mass is 32.2. The molecule has 0 aliphatic rings. The number of benzene rings is 1. The van der Waals surface area contributed by atoms with Crippen molar-refractivity contribution in [1.29, 1.82) is 0 Å². The summed E-state index contributed by atoms with van der Waals surface area (Å²) in [6, 6.07) is 9.47. The number of hydrogen-bond acceptors (Lipinski definition) is 6. The molecule has 1 atom stereocenters. The molecule has 0 spiro atoms. The minimum Gasteiger partial charge on any atom is -0.612 e. The van der Waals surface area contributed by atoms with Crippen LogP contribution in [0.4, 0.5) is 34.9 Å². The van der Waals surface area contributed by atoms with Gasteiger partial charge in [-0.15, -0.1) is 0 Å². The molecule has 6 nitrogen and oxygen atoms in total. The fraction of sp³-hybridized carbons (Fsp3) is 0.250. The SMILES string of the molecule is CC(C)Nc1cc(Nc2cccc([S+](C)[O-])c2)nc(-c2nc(C(F)(F)F)ccc2F)n1. The van der Waals surface area contributed by atoms with Crippen LogP contribution < -0.4 is 10.6 Å². The van der Waals surface area contributed by atoms with E-state index in [4.69, 9.17) is 0 Å². The number of alkyl halides is 3. The number of nitrogens with one attached hydrogen (secondary N) is 2. The van der Waals surface area contributed by atoms with Crippen molar-refractivity contribution >= 4 is 28.5 Å². The molecule has 0 fully saturated rings. The average molecular weight is 453 g/mol. The molecule has 0 aliphatic carbocycles. The summed E-state index contributed by atoms with van der Waals surface area (Å²) in [6.07, 6.45) is -3.21. The Balaban J connectivity index is 2.07. The third-order valence-electron chi connectivity index (χ3n) is 3.95. The van der Waals surface area contributed by atoms with Crippen molar-refractivity contribution in [2.45, 2.75) is 31.0 Å². The van der Waals surface area contributed by atoms with Gasteiger partial charge in [0.1, 0.15) is 29.3 Å². The third kappa shape index (κ3) is 5.82. The summed E-state index contributed by atoms with van der Waals surface area (Å²) < 4.78 is 65.3. The van der Waals surface area contributed by atoms with Crippen LogP contribution in [0.3, 0.4) is 0 Å². The van der Waals surface area contributed by atoms with Gasteiger partial charge in [-0.1, -0.05) is 6.07 Å². The van der Waals surface area contributed by atoms with Gasteiger partial charge in [-0.05, 0) is 49.3 Å². The van der Waals surface area contributed by atoms with Crippen molar-refractivity contribution in [3.05, 3.63) is 54.0 Å². The Morgan fingerprint density at radius 3 is 2.35 bits per heavy atom. The van der Waals surface area contributed by atoms with Gasteiger partial charge in [-0.25, -0.2) is 19.3 Å². The van der Waals surface area contributed by atoms with Gasteiger partial charge in [0, 0.05) is 23.9 Å². The van der Waals surface area contributed by atoms with Gasteiger partial charge in [-0.3, -0.25) is 0 Å². The Labute approximate surface area is 179 Å². The van der Waals surface area contributed by atoms with Crippen molar-refractivity contribution in [3.63, 3.8) is 0 Å². The highest BCUT2D eigenvalue weighted by molar-refractivity contribution is 7.90. The first-order chi connectivity index (χ1) is 14.5. The first-order valence-corrected chi connectivity index (χ1v) is 10.7. The number of hydrogen-bond donors (Lipinski definition) is 2. The predicted octanol–water partition coefficient (Wildman–Crippen LogP) is 5.00. The second kappa shape index (κ2) is 9.06. The molecule has 11 heteroatoms. The van der Waals surface area contributed by atoms with E-state index in [2.05, 4.69) is 25.6 Å². The fourth-order valence-corrected chi connectivity index (χ4v) is 3.21. The van der Waals surface area contributed by atoms with Crippen molar-refractivity contribution in [3.8, 4) is 11.5 Å². The highest BCUT2D eigenvalue weighted by Crippen LogP contribution is 2.31. The van der Waals surface area contributed by atoms with Crippen LogP contribution in [0.2, 0.25) is 0 Å². The lowest BCUT2D eigenvalue weighted by Crippen LogP contribution is -2.13. The minimum absolute atomic E-state index is 0.0549. The summed E-state index contributed by atoms with van der Waals surface area (Å²) >= 11 is -1.21. The largest absolute Gasteiger partial charge is 0.612 e. The van der Waals surface area contributed by atoms with Crippen molar-refractivity contribution in [2.75, 3.05) is 16.9 Å². The number of anilines is 3. The van der Waals surface area contributed by atoms with E-state index in [0.29, 0.717) is 22.7 Å². The molecule has 1 aromatic carbocycles. The number of halogens is 4. The summed E-state index contributed by atoms with van der Waals surface area (Å²) in [5.74, 6) is -0.821. The molecule has 164 valence electrons. The Bertz CT molecular complexity index is 1080. The monoisotopic (exact) mass is 453 g/mol. The lowest BCUT2D eigenvalue weighted by atomic mass is 10.2. The van der Waals surface area contributed by atoms with Gasteiger partial charge in [0.15, 0.2) is 16.5 Å². The van der Waals surface area contributed by atoms with Crippen molar-refractivity contribution in [2.24, 2.45) is 0 Å². The molecule has 0 saturated heterocycles. The zero-order valence-electron chi connectivity index (χ0n) is 16.8. The van der Waals surface area contributed by atoms with Gasteiger partial charge in [0.25, 0.3) is 0 Å². The van der Waals surface area contributed by atoms with Crippen LogP contribution in [0.15, 0.2) is 47.4 Å². The Hall–Kier alpha value is -2.92. The maximum atomic E-state index is 14.4. The molecular formula is C20H19F4N5OS. The first-order valence-electron chi connectivity index (χ1n) is 9.13. The first kappa shape index (κ1) is 22.8. The van der Waals surface area contributed by atoms with E-state index >= 15 is 0 Å². The van der Waals surface area contributed by atoms with E-state index in [-0.39, 0.29) is 23.5 Å². The van der Waals surface area contributed by atoms with Gasteiger partial charge in [0.2, 0.25) is 0 Å². The quantitative estimate of drug-likeness (QED) is 0.404. The van der Waals surface area contributed by atoms with Crippen LogP contribution in [0, 0.1) is 5.82 Å². The van der Waals surface area contributed by atoms with Crippen LogP contribution in [0.1, 0.15) is 19.5 Å². The highest BCUT2D eigenvalue weighted by Gasteiger charge is 2.33. The summed E-state index contributed by atoms with van der Waals surface area (Å²) in [7, 11) is 0. The molecule has 2 N–H and O–H groups in total. The van der Waals surface area contributed by atoms with E-state index in [1.165, 1.54) is 12.3 Å². The second-order valence-corrected chi connectivity index (χ2v) is 8.27. The fourth-order valence-electron chi connectivity index (χ4n) is 2.64. The van der Waals surface area contributed by atoms with Gasteiger partial charge in [0.05, 0.1) is 0 Å². The van der Waals surface area contributed by atoms with Gasteiger partial charge < -0.3 is 15.2 Å². The second-order valence-electron chi connectivity index (χ2n) is 6.89. The van der Waals surface area contributed by atoms with Crippen LogP contribution in [0.25, 0.3) is 11.5 Å². The third-order valence-corrected chi connectivity index (χ3v) is 4.87. The topological polar surface area (TPSA) is 85.8 Å². The lowest BCUT2D eigenvalue weighted by molar-refractivity contribution is -0.141. The summed E-state index contributed by atoms with van der Waals surface area (Å²) in [5, 5.41) is 6.01. The molecule has 2 aromatic heterocycles. The van der Waals surface area contributed by atoms with Crippen LogP contribution in [-0.2, 0) is 17.4 Å². The molecule has 3 aromatic rings. The number of rotatable bonds is 6. The van der Waals surface area contributed by atoms with Crippen LogP contribution in [-0.4, -0.2) is 31.8 Å². The van der Waals surface area contributed by atoms with Crippen LogP contribution >= 0.6 is 0 Å². The standard InChI is InChI=1S/C20H19F4N5OS/c1-11(2)25-16-10-17(26-12-5-4-6-13(9-12)31(3)30)29-19(28-16)18-14(21)7-8-15(27-18)20(22,23)24/h4-11H,1-3H3,(H2,25,26,28,29). The molecule has 1 unspecified atom stereocenters. The number of pyridine rings is 1. The summed E-state index contributed by atoms with van der Waals surface area (Å²) in [5.41, 5.74) is -1.32. The number of nitrogens with zero attached hydrogens (tertiary/aromatic N) is 3. The molecule has 0 amide bonds. The molecule has 2 heterocycles. The molecule has 3 rings (SSSR count). The molecule has 0 aliphatic heterocycles. The Morgan fingerprint density at radius 1 is 1.00 bits per heavy atom.